The van der Waals surface area contributed by atoms with Gasteiger partial charge in [0.15, 0.2) is 0 Å². The van der Waals surface area contributed by atoms with Crippen molar-refractivity contribution in [2.45, 2.75) is 112 Å². The first-order chi connectivity index (χ1) is 17.1. The third kappa shape index (κ3) is 3.50. The number of hydrogen-bond donors (Lipinski definition) is 2. The predicted octanol–water partition coefficient (Wildman–Crippen LogP) is 6.63. The average Bonchev–Trinajstić information content (AvgIpc) is 3.22. The molecule has 2 N–H and O–H groups in total. The summed E-state index contributed by atoms with van der Waals surface area (Å²) in [5, 5.41) is 21.6. The second kappa shape index (κ2) is 8.57. The minimum atomic E-state index is -0.685. The van der Waals surface area contributed by atoms with Gasteiger partial charge in [-0.05, 0) is 121 Å². The molecule has 0 amide bonds. The summed E-state index contributed by atoms with van der Waals surface area (Å²) >= 11 is 0. The van der Waals surface area contributed by atoms with Gasteiger partial charge in [-0.2, -0.15) is 0 Å². The zero-order valence-corrected chi connectivity index (χ0v) is 24.1. The molecule has 0 aromatic carbocycles. The molecule has 5 heteroatoms. The van der Waals surface area contributed by atoms with Crippen LogP contribution in [0, 0.1) is 56.7 Å². The molecule has 0 spiro atoms. The largest absolute Gasteiger partial charge is 0.481 e. The molecule has 0 bridgehead atoms. The Balaban J connectivity index is 1.52. The van der Waals surface area contributed by atoms with Gasteiger partial charge in [0.25, 0.3) is 0 Å². The highest BCUT2D eigenvalue weighted by atomic mass is 16.5. The molecule has 0 heterocycles. The normalized spacial score (nSPS) is 50.1. The number of aliphatic hydroxyl groups excluding tert-OH is 1. The number of aliphatic carboxylic acids is 1. The van der Waals surface area contributed by atoms with Crippen LogP contribution in [-0.4, -0.2) is 34.9 Å². The Kier molecular flexibility index (Phi) is 6.30. The molecule has 5 fully saturated rings. The summed E-state index contributed by atoms with van der Waals surface area (Å²) in [7, 11) is 0. The Bertz CT molecular complexity index is 986. The van der Waals surface area contributed by atoms with Crippen LogP contribution in [-0.2, 0) is 14.3 Å². The number of fused-ring (bicyclic) bond motifs is 7. The smallest absolute Gasteiger partial charge is 0.309 e. The van der Waals surface area contributed by atoms with E-state index in [1.54, 1.807) is 0 Å². The maximum absolute atomic E-state index is 12.9. The number of esters is 1. The van der Waals surface area contributed by atoms with Gasteiger partial charge in [0.05, 0.1) is 11.5 Å². The highest BCUT2D eigenvalue weighted by Gasteiger charge is 2.72. The lowest BCUT2D eigenvalue weighted by Crippen LogP contribution is -2.67. The topological polar surface area (TPSA) is 83.8 Å². The monoisotopic (exact) mass is 514 g/mol. The molecule has 37 heavy (non-hydrogen) atoms. The van der Waals surface area contributed by atoms with E-state index in [-0.39, 0.29) is 52.2 Å². The van der Waals surface area contributed by atoms with E-state index in [4.69, 9.17) is 4.74 Å². The maximum Gasteiger partial charge on any atom is 0.309 e. The van der Waals surface area contributed by atoms with Gasteiger partial charge < -0.3 is 14.9 Å². The second-order valence-corrected chi connectivity index (χ2v) is 15.1. The van der Waals surface area contributed by atoms with Crippen LogP contribution < -0.4 is 0 Å². The van der Waals surface area contributed by atoms with Crippen molar-refractivity contribution in [1.82, 2.24) is 0 Å². The number of carboxylic acid groups (broad SMARTS) is 1. The quantitative estimate of drug-likeness (QED) is 0.325. The molecule has 0 aromatic heterocycles. The van der Waals surface area contributed by atoms with Crippen molar-refractivity contribution in [3.63, 3.8) is 0 Å². The summed E-state index contributed by atoms with van der Waals surface area (Å²) in [5.74, 6) is 0.654. The third-order valence-corrected chi connectivity index (χ3v) is 13.8. The lowest BCUT2D eigenvalue weighted by molar-refractivity contribution is -0.248. The number of carbonyl (C=O) groups excluding carboxylic acids is 1. The zero-order valence-electron chi connectivity index (χ0n) is 24.1. The van der Waals surface area contributed by atoms with Gasteiger partial charge >= 0.3 is 11.9 Å². The maximum atomic E-state index is 12.9. The van der Waals surface area contributed by atoms with Gasteiger partial charge in [-0.1, -0.05) is 41.2 Å². The Morgan fingerprint density at radius 2 is 1.57 bits per heavy atom. The molecule has 5 aliphatic rings. The standard InChI is InChI=1S/C32H50O5/c1-19(18-37-20(2)33)21-10-15-32(27(35)36)17-16-30(6)22(26(21)32)8-9-24-29(5)13-12-25(34)28(3,4)23(29)11-14-31(24,30)7/h21-26,34H,1,8-18H2,2-7H3,(H,35,36)/t21-,22?,23?,24?,25-,26?,29-,30+,31+,32-/m0/s1. The van der Waals surface area contributed by atoms with Crippen molar-refractivity contribution < 1.29 is 24.5 Å². The number of carbonyl (C=O) groups is 2. The van der Waals surface area contributed by atoms with Crippen molar-refractivity contribution in [3.05, 3.63) is 12.2 Å². The molecule has 0 aromatic rings. The van der Waals surface area contributed by atoms with E-state index in [2.05, 4.69) is 41.2 Å². The Hall–Kier alpha value is -1.36. The summed E-state index contributed by atoms with van der Waals surface area (Å²) < 4.78 is 5.35. The number of hydrogen-bond acceptors (Lipinski definition) is 4. The fraction of sp³-hybridized carbons (Fsp3) is 0.875. The Labute approximate surface area is 223 Å². The molecule has 0 saturated heterocycles. The minimum absolute atomic E-state index is 0.0553. The molecule has 10 atom stereocenters. The van der Waals surface area contributed by atoms with Gasteiger partial charge in [-0.3, -0.25) is 9.59 Å². The first kappa shape index (κ1) is 27.2. The van der Waals surface area contributed by atoms with Crippen LogP contribution in [0.15, 0.2) is 12.2 Å². The predicted molar refractivity (Wildman–Crippen MR) is 144 cm³/mol. The Morgan fingerprint density at radius 1 is 0.865 bits per heavy atom. The summed E-state index contributed by atoms with van der Waals surface area (Å²) in [6.45, 7) is 18.1. The number of aliphatic hydroxyl groups is 1. The van der Waals surface area contributed by atoms with Gasteiger partial charge in [-0.15, -0.1) is 0 Å². The highest BCUT2D eigenvalue weighted by Crippen LogP contribution is 2.77. The molecular weight excluding hydrogens is 464 g/mol. The van der Waals surface area contributed by atoms with Gasteiger partial charge in [0.1, 0.15) is 6.61 Å². The first-order valence-electron chi connectivity index (χ1n) is 14.9. The van der Waals surface area contributed by atoms with E-state index >= 15 is 0 Å². The molecule has 5 rings (SSSR count). The van der Waals surface area contributed by atoms with Crippen molar-refractivity contribution in [2.75, 3.05) is 6.61 Å². The van der Waals surface area contributed by atoms with E-state index in [9.17, 15) is 19.8 Å². The second-order valence-electron chi connectivity index (χ2n) is 15.1. The summed E-state index contributed by atoms with van der Waals surface area (Å²) in [6, 6.07) is 0. The molecule has 4 unspecified atom stereocenters. The van der Waals surface area contributed by atoms with Crippen LogP contribution in [0.25, 0.3) is 0 Å². The minimum Gasteiger partial charge on any atom is -0.481 e. The molecular formula is C32H50O5. The fourth-order valence-corrected chi connectivity index (χ4v) is 11.7. The van der Waals surface area contributed by atoms with Crippen molar-refractivity contribution in [1.29, 1.82) is 0 Å². The average molecular weight is 515 g/mol. The third-order valence-electron chi connectivity index (χ3n) is 13.8. The van der Waals surface area contributed by atoms with E-state index in [0.29, 0.717) is 24.2 Å². The zero-order chi connectivity index (χ0) is 27.2. The van der Waals surface area contributed by atoms with Crippen LogP contribution in [0.1, 0.15) is 106 Å². The lowest BCUT2D eigenvalue weighted by atomic mass is 9.32. The van der Waals surface area contributed by atoms with E-state index in [1.807, 2.05) is 0 Å². The molecule has 0 radical (unpaired) electrons. The van der Waals surface area contributed by atoms with Gasteiger partial charge in [0, 0.05) is 6.92 Å². The lowest BCUT2D eigenvalue weighted by Gasteiger charge is -2.72. The summed E-state index contributed by atoms with van der Waals surface area (Å²) in [6.07, 6.45) is 9.52. The van der Waals surface area contributed by atoms with Crippen molar-refractivity contribution in [2.24, 2.45) is 56.7 Å². The highest BCUT2D eigenvalue weighted by molar-refractivity contribution is 5.76. The van der Waals surface area contributed by atoms with Crippen LogP contribution in [0.4, 0.5) is 0 Å². The Morgan fingerprint density at radius 3 is 2.22 bits per heavy atom. The van der Waals surface area contributed by atoms with E-state index < -0.39 is 11.4 Å². The molecule has 5 saturated carbocycles. The molecule has 0 aliphatic heterocycles. The SMILES string of the molecule is C=C(COC(C)=O)[C@@H]1CC[C@]2(C(=O)O)CC[C@]3(C)C(CCC4[C@@]5(C)CC[C@H](O)C(C)(C)C5CC[C@]43C)C12. The van der Waals surface area contributed by atoms with Crippen LogP contribution in [0.2, 0.25) is 0 Å². The van der Waals surface area contributed by atoms with Gasteiger partial charge in [0.2, 0.25) is 0 Å². The number of ether oxygens (including phenoxy) is 1. The van der Waals surface area contributed by atoms with Crippen LogP contribution in [0.5, 0.6) is 0 Å². The summed E-state index contributed by atoms with van der Waals surface area (Å²) in [4.78, 5) is 24.5. The number of rotatable bonds is 4. The first-order valence-corrected chi connectivity index (χ1v) is 14.9. The molecule has 208 valence electrons. The molecule has 5 aliphatic carbocycles. The van der Waals surface area contributed by atoms with E-state index in [0.717, 1.165) is 63.4 Å². The van der Waals surface area contributed by atoms with Crippen molar-refractivity contribution in [3.8, 4) is 0 Å². The van der Waals surface area contributed by atoms with Crippen molar-refractivity contribution >= 4 is 11.9 Å². The van der Waals surface area contributed by atoms with Gasteiger partial charge in [-0.25, -0.2) is 0 Å². The van der Waals surface area contributed by atoms with Crippen LogP contribution in [0.3, 0.4) is 0 Å². The van der Waals surface area contributed by atoms with Crippen LogP contribution >= 0.6 is 0 Å². The fourth-order valence-electron chi connectivity index (χ4n) is 11.7. The number of carboxylic acids is 1. The summed E-state index contributed by atoms with van der Waals surface area (Å²) in [5.41, 5.74) is 0.571. The van der Waals surface area contributed by atoms with E-state index in [1.165, 1.54) is 6.92 Å². The molecule has 5 nitrogen and oxygen atoms in total.